The summed E-state index contributed by atoms with van der Waals surface area (Å²) < 4.78 is 0. The van der Waals surface area contributed by atoms with Crippen LogP contribution in [-0.2, 0) is 0 Å². The molecular formula is C20H18N2O3S. The molecule has 0 saturated carbocycles. The molecular weight excluding hydrogens is 348 g/mol. The highest BCUT2D eigenvalue weighted by Gasteiger charge is 2.07. The first-order valence-corrected chi connectivity index (χ1v) is 9.20. The van der Waals surface area contributed by atoms with Crippen LogP contribution in [0.25, 0.3) is 6.08 Å². The number of nitrogens with one attached hydrogen (secondary N) is 1. The van der Waals surface area contributed by atoms with Crippen LogP contribution in [0.3, 0.4) is 0 Å². The lowest BCUT2D eigenvalue weighted by Crippen LogP contribution is -2.13. The van der Waals surface area contributed by atoms with Crippen LogP contribution in [0.15, 0.2) is 59.6 Å². The third-order valence-corrected chi connectivity index (χ3v) is 4.80. The first-order valence-electron chi connectivity index (χ1n) is 8.22. The predicted octanol–water partition coefficient (Wildman–Crippen LogP) is 4.19. The zero-order valence-electron chi connectivity index (χ0n) is 14.0. The summed E-state index contributed by atoms with van der Waals surface area (Å²) in [7, 11) is 0. The fourth-order valence-electron chi connectivity index (χ4n) is 2.38. The van der Waals surface area contributed by atoms with Crippen molar-refractivity contribution in [2.24, 2.45) is 4.99 Å². The summed E-state index contributed by atoms with van der Waals surface area (Å²) in [6.07, 6.45) is 4.27. The molecule has 6 heteroatoms. The molecule has 0 saturated heterocycles. The van der Waals surface area contributed by atoms with Gasteiger partial charge in [-0.3, -0.25) is 9.79 Å². The number of aliphatic imine (C=N–C) groups is 1. The first kappa shape index (κ1) is 17.9. The minimum absolute atomic E-state index is 0.108. The van der Waals surface area contributed by atoms with Gasteiger partial charge in [-0.25, -0.2) is 4.79 Å². The summed E-state index contributed by atoms with van der Waals surface area (Å²) in [4.78, 5) is 27.5. The maximum Gasteiger partial charge on any atom is 0.335 e. The molecule has 0 atom stereocenters. The van der Waals surface area contributed by atoms with Crippen molar-refractivity contribution in [3.63, 3.8) is 0 Å². The number of ketones is 1. The van der Waals surface area contributed by atoms with E-state index in [1.165, 1.54) is 18.2 Å². The lowest BCUT2D eigenvalue weighted by Gasteiger charge is -2.13. The Morgan fingerprint density at radius 1 is 1.04 bits per heavy atom. The van der Waals surface area contributed by atoms with Gasteiger partial charge in [0.1, 0.15) is 0 Å². The van der Waals surface area contributed by atoms with E-state index in [1.54, 1.807) is 42.1 Å². The van der Waals surface area contributed by atoms with Gasteiger partial charge in [0.15, 0.2) is 11.0 Å². The Morgan fingerprint density at radius 3 is 2.35 bits per heavy atom. The first-order chi connectivity index (χ1) is 12.6. The Morgan fingerprint density at radius 2 is 1.73 bits per heavy atom. The van der Waals surface area contributed by atoms with Gasteiger partial charge in [0, 0.05) is 23.5 Å². The van der Waals surface area contributed by atoms with E-state index in [1.807, 2.05) is 12.1 Å². The average molecular weight is 366 g/mol. The molecule has 132 valence electrons. The van der Waals surface area contributed by atoms with Crippen LogP contribution >= 0.6 is 11.8 Å². The number of hydrogen-bond donors (Lipinski definition) is 2. The van der Waals surface area contributed by atoms with E-state index in [-0.39, 0.29) is 11.3 Å². The van der Waals surface area contributed by atoms with E-state index >= 15 is 0 Å². The molecule has 26 heavy (non-hydrogen) atoms. The van der Waals surface area contributed by atoms with Crippen molar-refractivity contribution in [3.05, 3.63) is 71.3 Å². The van der Waals surface area contributed by atoms with Crippen LogP contribution in [-0.4, -0.2) is 34.3 Å². The van der Waals surface area contributed by atoms with Gasteiger partial charge in [0.05, 0.1) is 5.56 Å². The second-order valence-electron chi connectivity index (χ2n) is 5.72. The van der Waals surface area contributed by atoms with E-state index in [2.05, 4.69) is 10.3 Å². The number of amidine groups is 1. The van der Waals surface area contributed by atoms with Gasteiger partial charge in [0.25, 0.3) is 0 Å². The largest absolute Gasteiger partial charge is 0.478 e. The standard InChI is InChI=1S/C20H18N2O3S/c23-18(11-4-14-2-5-16(6-3-14)19(24)25)15-7-9-17(10-8-15)22-20-21-12-1-13-26-20/h2-11H,1,12-13H2,(H,21,22)(H,24,25)/b11-4+. The van der Waals surface area contributed by atoms with E-state index in [0.717, 1.165) is 35.1 Å². The molecule has 2 N–H and O–H groups in total. The fourth-order valence-corrected chi connectivity index (χ4v) is 3.22. The molecule has 0 spiro atoms. The number of carboxylic acids is 1. The van der Waals surface area contributed by atoms with Gasteiger partial charge in [0.2, 0.25) is 0 Å². The van der Waals surface area contributed by atoms with Gasteiger partial charge in [-0.05, 0) is 54.5 Å². The number of hydrogen-bond acceptors (Lipinski definition) is 5. The number of nitrogens with zero attached hydrogens (tertiary/aromatic N) is 1. The summed E-state index contributed by atoms with van der Waals surface area (Å²) in [5.41, 5.74) is 2.49. The molecule has 0 fully saturated rings. The monoisotopic (exact) mass is 366 g/mol. The van der Waals surface area contributed by atoms with Crippen molar-refractivity contribution in [2.75, 3.05) is 17.6 Å². The molecule has 0 aliphatic carbocycles. The van der Waals surface area contributed by atoms with Gasteiger partial charge in [-0.1, -0.05) is 30.0 Å². The third kappa shape index (κ3) is 4.83. The molecule has 2 aromatic carbocycles. The normalized spacial score (nSPS) is 14.1. The number of carbonyl (C=O) groups excluding carboxylic acids is 1. The number of carboxylic acid groups (broad SMARTS) is 1. The molecule has 1 heterocycles. The molecule has 0 aromatic heterocycles. The van der Waals surface area contributed by atoms with Crippen molar-refractivity contribution in [1.82, 2.24) is 0 Å². The number of allylic oxidation sites excluding steroid dienone is 1. The molecule has 1 aliphatic rings. The minimum atomic E-state index is -0.970. The van der Waals surface area contributed by atoms with Crippen molar-refractivity contribution in [2.45, 2.75) is 6.42 Å². The Bertz CT molecular complexity index is 856. The number of thioether (sulfide) groups is 1. The van der Waals surface area contributed by atoms with E-state index in [4.69, 9.17) is 5.11 Å². The number of anilines is 1. The van der Waals surface area contributed by atoms with Gasteiger partial charge in [-0.15, -0.1) is 0 Å². The number of rotatable bonds is 5. The predicted molar refractivity (Wildman–Crippen MR) is 106 cm³/mol. The summed E-state index contributed by atoms with van der Waals surface area (Å²) in [5.74, 6) is -0.00757. The third-order valence-electron chi connectivity index (χ3n) is 3.80. The highest BCUT2D eigenvalue weighted by molar-refractivity contribution is 8.14. The Kier molecular flexibility index (Phi) is 5.86. The maximum atomic E-state index is 12.3. The van der Waals surface area contributed by atoms with Gasteiger partial charge in [-0.2, -0.15) is 0 Å². The van der Waals surface area contributed by atoms with Crippen LogP contribution in [0.2, 0.25) is 0 Å². The second kappa shape index (κ2) is 8.49. The molecule has 0 radical (unpaired) electrons. The molecule has 2 aromatic rings. The second-order valence-corrected chi connectivity index (χ2v) is 6.80. The van der Waals surface area contributed by atoms with Crippen LogP contribution in [0.4, 0.5) is 5.69 Å². The zero-order valence-corrected chi connectivity index (χ0v) is 14.8. The minimum Gasteiger partial charge on any atom is -0.478 e. The Balaban J connectivity index is 1.62. The number of aromatic carboxylic acids is 1. The number of benzene rings is 2. The molecule has 3 rings (SSSR count). The van der Waals surface area contributed by atoms with Crippen LogP contribution in [0.5, 0.6) is 0 Å². The molecule has 0 unspecified atom stereocenters. The van der Waals surface area contributed by atoms with Crippen LogP contribution in [0.1, 0.15) is 32.7 Å². The highest BCUT2D eigenvalue weighted by atomic mass is 32.2. The molecule has 5 nitrogen and oxygen atoms in total. The average Bonchev–Trinajstić information content (AvgIpc) is 2.68. The lowest BCUT2D eigenvalue weighted by atomic mass is 10.1. The summed E-state index contributed by atoms with van der Waals surface area (Å²) in [6.45, 7) is 0.851. The van der Waals surface area contributed by atoms with Crippen molar-refractivity contribution in [3.8, 4) is 0 Å². The SMILES string of the molecule is O=C(O)c1ccc(/C=C/C(=O)c2ccc(NC3=NCCCS3)cc2)cc1. The molecule has 1 aliphatic heterocycles. The van der Waals surface area contributed by atoms with Crippen molar-refractivity contribution >= 4 is 40.4 Å². The van der Waals surface area contributed by atoms with Gasteiger partial charge >= 0.3 is 5.97 Å². The maximum absolute atomic E-state index is 12.3. The lowest BCUT2D eigenvalue weighted by molar-refractivity contribution is 0.0696. The number of carbonyl (C=O) groups is 2. The zero-order chi connectivity index (χ0) is 18.4. The molecule has 0 bridgehead atoms. The summed E-state index contributed by atoms with van der Waals surface area (Å²) in [5, 5.41) is 13.1. The topological polar surface area (TPSA) is 78.8 Å². The summed E-state index contributed by atoms with van der Waals surface area (Å²) >= 11 is 1.70. The van der Waals surface area contributed by atoms with Crippen molar-refractivity contribution in [1.29, 1.82) is 0 Å². The van der Waals surface area contributed by atoms with Gasteiger partial charge < -0.3 is 10.4 Å². The quantitative estimate of drug-likeness (QED) is 0.613. The molecule has 0 amide bonds. The highest BCUT2D eigenvalue weighted by Crippen LogP contribution is 2.17. The van der Waals surface area contributed by atoms with Crippen molar-refractivity contribution < 1.29 is 14.7 Å². The van der Waals surface area contributed by atoms with E-state index in [9.17, 15) is 9.59 Å². The van der Waals surface area contributed by atoms with Crippen LogP contribution < -0.4 is 5.32 Å². The fraction of sp³-hybridized carbons (Fsp3) is 0.150. The smallest absolute Gasteiger partial charge is 0.335 e. The summed E-state index contributed by atoms with van der Waals surface area (Å²) in [6, 6.07) is 13.6. The van der Waals surface area contributed by atoms with Crippen LogP contribution in [0, 0.1) is 0 Å². The van der Waals surface area contributed by atoms with E-state index in [0.29, 0.717) is 5.56 Å². The van der Waals surface area contributed by atoms with E-state index < -0.39 is 5.97 Å². The Labute approximate surface area is 155 Å². The Hall–Kier alpha value is -2.86.